The summed E-state index contributed by atoms with van der Waals surface area (Å²) in [4.78, 5) is 14.8. The number of hydrogen-bond acceptors (Lipinski definition) is 5. The monoisotopic (exact) mass is 447 g/mol. The second-order valence-electron chi connectivity index (χ2n) is 8.15. The number of amides is 1. The number of benzene rings is 1. The van der Waals surface area contributed by atoms with Crippen molar-refractivity contribution in [3.63, 3.8) is 0 Å². The van der Waals surface area contributed by atoms with E-state index >= 15 is 0 Å². The molecular formula is C24H34ClN3O3. The van der Waals surface area contributed by atoms with Crippen molar-refractivity contribution < 1.29 is 13.9 Å². The van der Waals surface area contributed by atoms with Crippen LogP contribution in [0.3, 0.4) is 0 Å². The minimum Gasteiger partial charge on any atom is -0.459 e. The molecule has 0 bridgehead atoms. The van der Waals surface area contributed by atoms with E-state index in [2.05, 4.69) is 22.5 Å². The van der Waals surface area contributed by atoms with Gasteiger partial charge in [-0.25, -0.2) is 0 Å². The van der Waals surface area contributed by atoms with Crippen LogP contribution in [0.1, 0.15) is 32.4 Å². The van der Waals surface area contributed by atoms with Gasteiger partial charge >= 0.3 is 0 Å². The van der Waals surface area contributed by atoms with Gasteiger partial charge in [-0.3, -0.25) is 4.79 Å². The van der Waals surface area contributed by atoms with Gasteiger partial charge in [0.1, 0.15) is 11.5 Å². The summed E-state index contributed by atoms with van der Waals surface area (Å²) in [5.74, 6) is 1.99. The number of carbonyl (C=O) groups excluding carboxylic acids is 1. The van der Waals surface area contributed by atoms with Crippen LogP contribution in [0, 0.1) is 5.92 Å². The molecule has 2 N–H and O–H groups in total. The van der Waals surface area contributed by atoms with Crippen molar-refractivity contribution in [1.82, 2.24) is 15.5 Å². The third kappa shape index (κ3) is 7.65. The second kappa shape index (κ2) is 12.2. The molecule has 0 radical (unpaired) electrons. The van der Waals surface area contributed by atoms with Crippen LogP contribution in [0.4, 0.5) is 0 Å². The van der Waals surface area contributed by atoms with Crippen LogP contribution in [0.5, 0.6) is 0 Å². The topological polar surface area (TPSA) is 66.7 Å². The molecule has 1 amide bonds. The Hall–Kier alpha value is -1.86. The maximum Gasteiger partial charge on any atom is 0.234 e. The van der Waals surface area contributed by atoms with E-state index in [-0.39, 0.29) is 5.91 Å². The quantitative estimate of drug-likeness (QED) is 0.510. The molecule has 1 saturated heterocycles. The van der Waals surface area contributed by atoms with E-state index in [1.54, 1.807) is 0 Å². The smallest absolute Gasteiger partial charge is 0.234 e. The number of rotatable bonds is 11. The Balaban J connectivity index is 1.35. The molecule has 2 aromatic rings. The number of nitrogens with one attached hydrogen (secondary N) is 2. The highest BCUT2D eigenvalue weighted by Gasteiger charge is 2.25. The lowest BCUT2D eigenvalue weighted by atomic mass is 9.93. The number of piperidine rings is 1. The lowest BCUT2D eigenvalue weighted by Crippen LogP contribution is -2.50. The van der Waals surface area contributed by atoms with E-state index in [0.717, 1.165) is 62.8 Å². The van der Waals surface area contributed by atoms with Gasteiger partial charge in [-0.05, 0) is 68.6 Å². The van der Waals surface area contributed by atoms with Crippen molar-refractivity contribution in [2.24, 2.45) is 5.92 Å². The minimum atomic E-state index is -0.0178. The lowest BCUT2D eigenvalue weighted by molar-refractivity contribution is -0.120. The molecule has 0 spiro atoms. The lowest BCUT2D eigenvalue weighted by Gasteiger charge is -2.37. The van der Waals surface area contributed by atoms with Crippen molar-refractivity contribution in [3.8, 4) is 11.3 Å². The van der Waals surface area contributed by atoms with Gasteiger partial charge in [-0.2, -0.15) is 0 Å². The SMILES string of the molecule is CCOCCCN1CC[C@H](NCC(=O)NCc2ccc(-c3ccc(Cl)cc3)o2)[C@@H](C)C1. The highest BCUT2D eigenvalue weighted by Crippen LogP contribution is 2.23. The van der Waals surface area contributed by atoms with Gasteiger partial charge in [0.2, 0.25) is 5.91 Å². The van der Waals surface area contributed by atoms with Gasteiger partial charge in [0.25, 0.3) is 0 Å². The molecule has 0 unspecified atom stereocenters. The van der Waals surface area contributed by atoms with Crippen LogP contribution < -0.4 is 10.6 Å². The van der Waals surface area contributed by atoms with Gasteiger partial charge in [0.05, 0.1) is 13.1 Å². The zero-order valence-corrected chi connectivity index (χ0v) is 19.3. The Morgan fingerprint density at radius 3 is 2.81 bits per heavy atom. The van der Waals surface area contributed by atoms with Gasteiger partial charge in [-0.1, -0.05) is 18.5 Å². The molecule has 3 rings (SSSR count). The van der Waals surface area contributed by atoms with E-state index in [1.165, 1.54) is 0 Å². The zero-order valence-electron chi connectivity index (χ0n) is 18.5. The largest absolute Gasteiger partial charge is 0.459 e. The summed E-state index contributed by atoms with van der Waals surface area (Å²) >= 11 is 5.93. The first-order valence-corrected chi connectivity index (χ1v) is 11.6. The van der Waals surface area contributed by atoms with Crippen LogP contribution in [0.2, 0.25) is 5.02 Å². The normalized spacial score (nSPS) is 19.5. The average Bonchev–Trinajstić information content (AvgIpc) is 3.24. The Labute approximate surface area is 190 Å². The zero-order chi connectivity index (χ0) is 22.1. The fourth-order valence-electron chi connectivity index (χ4n) is 3.99. The van der Waals surface area contributed by atoms with Gasteiger partial charge in [0, 0.05) is 42.9 Å². The number of hydrogen-bond donors (Lipinski definition) is 2. The molecule has 1 fully saturated rings. The van der Waals surface area contributed by atoms with E-state index in [9.17, 15) is 4.79 Å². The van der Waals surface area contributed by atoms with E-state index < -0.39 is 0 Å². The van der Waals surface area contributed by atoms with Crippen LogP contribution in [-0.4, -0.2) is 56.2 Å². The summed E-state index contributed by atoms with van der Waals surface area (Å²) in [5.41, 5.74) is 0.960. The fraction of sp³-hybridized carbons (Fsp3) is 0.542. The van der Waals surface area contributed by atoms with Crippen molar-refractivity contribution in [1.29, 1.82) is 0 Å². The highest BCUT2D eigenvalue weighted by atomic mass is 35.5. The number of nitrogens with zero attached hydrogens (tertiary/aromatic N) is 1. The van der Waals surface area contributed by atoms with Crippen LogP contribution >= 0.6 is 11.6 Å². The standard InChI is InChI=1S/C24H34ClN3O3/c1-3-30-14-4-12-28-13-11-22(18(2)17-28)26-16-24(29)27-15-21-9-10-23(31-21)19-5-7-20(25)8-6-19/h5-10,18,22,26H,3-4,11-17H2,1-2H3,(H,27,29)/t18-,22-/m0/s1. The van der Waals surface area contributed by atoms with Gasteiger partial charge < -0.3 is 24.7 Å². The van der Waals surface area contributed by atoms with Crippen LogP contribution in [0.15, 0.2) is 40.8 Å². The molecule has 31 heavy (non-hydrogen) atoms. The predicted octanol–water partition coefficient (Wildman–Crippen LogP) is 3.94. The molecule has 6 nitrogen and oxygen atoms in total. The first-order chi connectivity index (χ1) is 15.0. The van der Waals surface area contributed by atoms with E-state index in [1.807, 2.05) is 43.3 Å². The second-order valence-corrected chi connectivity index (χ2v) is 8.59. The Morgan fingerprint density at radius 2 is 2.06 bits per heavy atom. The number of halogens is 1. The molecule has 1 aliphatic rings. The predicted molar refractivity (Wildman–Crippen MR) is 124 cm³/mol. The molecule has 2 atom stereocenters. The molecule has 1 aromatic carbocycles. The molecule has 1 aromatic heterocycles. The molecule has 2 heterocycles. The summed E-state index contributed by atoms with van der Waals surface area (Å²) in [6, 6.07) is 11.7. The molecule has 0 saturated carbocycles. The maximum absolute atomic E-state index is 12.3. The minimum absolute atomic E-state index is 0.0178. The van der Waals surface area contributed by atoms with Crippen molar-refractivity contribution in [3.05, 3.63) is 47.2 Å². The van der Waals surface area contributed by atoms with Crippen LogP contribution in [-0.2, 0) is 16.1 Å². The number of ether oxygens (including phenoxy) is 1. The molecule has 1 aliphatic heterocycles. The summed E-state index contributed by atoms with van der Waals surface area (Å²) in [6.07, 6.45) is 2.14. The molecule has 7 heteroatoms. The first kappa shape index (κ1) is 23.8. The number of furan rings is 1. The first-order valence-electron chi connectivity index (χ1n) is 11.2. The molecule has 0 aliphatic carbocycles. The van der Waals surface area contributed by atoms with E-state index in [0.29, 0.717) is 30.1 Å². The number of carbonyl (C=O) groups is 1. The Bertz CT molecular complexity index is 809. The van der Waals surface area contributed by atoms with Crippen molar-refractivity contribution in [2.45, 2.75) is 39.3 Å². The third-order valence-corrected chi connectivity index (χ3v) is 5.98. The summed E-state index contributed by atoms with van der Waals surface area (Å²) in [6.45, 7) is 9.81. The van der Waals surface area contributed by atoms with Gasteiger partial charge in [-0.15, -0.1) is 0 Å². The summed E-state index contributed by atoms with van der Waals surface area (Å²) < 4.78 is 11.3. The summed E-state index contributed by atoms with van der Waals surface area (Å²) in [7, 11) is 0. The fourth-order valence-corrected chi connectivity index (χ4v) is 4.11. The van der Waals surface area contributed by atoms with Crippen molar-refractivity contribution >= 4 is 17.5 Å². The highest BCUT2D eigenvalue weighted by molar-refractivity contribution is 6.30. The maximum atomic E-state index is 12.3. The molecule has 170 valence electrons. The Morgan fingerprint density at radius 1 is 1.26 bits per heavy atom. The van der Waals surface area contributed by atoms with Crippen LogP contribution in [0.25, 0.3) is 11.3 Å². The third-order valence-electron chi connectivity index (χ3n) is 5.73. The van der Waals surface area contributed by atoms with E-state index in [4.69, 9.17) is 20.8 Å². The summed E-state index contributed by atoms with van der Waals surface area (Å²) in [5, 5.41) is 7.06. The Kier molecular flexibility index (Phi) is 9.40. The van der Waals surface area contributed by atoms with Gasteiger partial charge in [0.15, 0.2) is 0 Å². The molecular weight excluding hydrogens is 414 g/mol. The average molecular weight is 448 g/mol. The number of likely N-dealkylation sites (tertiary alicyclic amines) is 1. The van der Waals surface area contributed by atoms with Crippen molar-refractivity contribution in [2.75, 3.05) is 39.4 Å².